The largest absolute Gasteiger partial charge is 0.480 e. The topological polar surface area (TPSA) is 163 Å². The van der Waals surface area contributed by atoms with E-state index in [1.165, 1.54) is 19.2 Å². The second kappa shape index (κ2) is 11.6. The first-order chi connectivity index (χ1) is 19.6. The summed E-state index contributed by atoms with van der Waals surface area (Å²) in [6.07, 6.45) is 1.04. The number of furan rings is 1. The fourth-order valence-electron chi connectivity index (χ4n) is 4.73. The number of sulfonamides is 2. The lowest BCUT2D eigenvalue weighted by atomic mass is 10.1. The summed E-state index contributed by atoms with van der Waals surface area (Å²) in [5.74, 6) is -2.11. The highest BCUT2D eigenvalue weighted by atomic mass is 32.2. The summed E-state index contributed by atoms with van der Waals surface area (Å²) in [5, 5.41) is 12.8. The van der Waals surface area contributed by atoms with Crippen LogP contribution >= 0.6 is 0 Å². The lowest BCUT2D eigenvalue weighted by Gasteiger charge is -2.27. The first kappa shape index (κ1) is 30.8. The molecule has 1 aromatic heterocycles. The van der Waals surface area contributed by atoms with Crippen LogP contribution in [-0.4, -0.2) is 57.5 Å². The van der Waals surface area contributed by atoms with Crippen molar-refractivity contribution in [1.82, 2.24) is 4.31 Å². The minimum absolute atomic E-state index is 0.0272. The molecule has 222 valence electrons. The van der Waals surface area contributed by atoms with Gasteiger partial charge in [-0.1, -0.05) is 44.2 Å². The van der Waals surface area contributed by atoms with Gasteiger partial charge in [-0.3, -0.25) is 14.3 Å². The number of hydrogen-bond acceptors (Lipinski definition) is 7. The van der Waals surface area contributed by atoms with E-state index in [0.717, 1.165) is 16.1 Å². The first-order valence-electron chi connectivity index (χ1n) is 12.8. The number of benzene rings is 3. The summed E-state index contributed by atoms with van der Waals surface area (Å²) in [6.45, 7) is 4.96. The van der Waals surface area contributed by atoms with Gasteiger partial charge in [-0.2, -0.15) is 4.31 Å². The number of nitrogens with zero attached hydrogens (tertiary/aromatic N) is 1. The van der Waals surface area contributed by atoms with E-state index >= 15 is 0 Å². The molecule has 0 fully saturated rings. The Kier molecular flexibility index (Phi) is 8.48. The number of aryl methyl sites for hydroxylation is 1. The van der Waals surface area contributed by atoms with Crippen molar-refractivity contribution in [2.45, 2.75) is 31.7 Å². The summed E-state index contributed by atoms with van der Waals surface area (Å²) in [7, 11) is -6.32. The van der Waals surface area contributed by atoms with Crippen molar-refractivity contribution in [2.75, 3.05) is 23.3 Å². The normalized spacial score (nSPS) is 12.9. The van der Waals surface area contributed by atoms with Crippen LogP contribution in [0.1, 0.15) is 30.0 Å². The van der Waals surface area contributed by atoms with Gasteiger partial charge in [0.25, 0.3) is 5.91 Å². The van der Waals surface area contributed by atoms with Gasteiger partial charge in [0.15, 0.2) is 5.76 Å². The Morgan fingerprint density at radius 3 is 2.00 bits per heavy atom. The molecule has 1 atom stereocenters. The number of hydrogen-bond donors (Lipinski definition) is 3. The SMILES string of the molecule is Cc1c(C(=O)Nc2ccc(-c3ccc(S(=O)(=O)N(C)[C@H](C(=O)O)C(C)C)cc3)cc2)oc2cccc(NS(C)(=O)=O)c12. The molecule has 1 heterocycles. The highest BCUT2D eigenvalue weighted by Crippen LogP contribution is 2.33. The lowest BCUT2D eigenvalue weighted by Crippen LogP contribution is -2.45. The Morgan fingerprint density at radius 1 is 0.905 bits per heavy atom. The van der Waals surface area contributed by atoms with E-state index in [4.69, 9.17) is 4.42 Å². The van der Waals surface area contributed by atoms with Crippen LogP contribution in [0.2, 0.25) is 0 Å². The maximum absolute atomic E-state index is 13.0. The van der Waals surface area contributed by atoms with Gasteiger partial charge >= 0.3 is 5.97 Å². The van der Waals surface area contributed by atoms with Gasteiger partial charge in [0, 0.05) is 23.7 Å². The van der Waals surface area contributed by atoms with Crippen molar-refractivity contribution < 1.29 is 35.9 Å². The maximum Gasteiger partial charge on any atom is 0.322 e. The molecule has 0 aliphatic heterocycles. The molecule has 0 bridgehead atoms. The zero-order valence-corrected chi connectivity index (χ0v) is 25.2. The molecule has 42 heavy (non-hydrogen) atoms. The predicted molar refractivity (Wildman–Crippen MR) is 160 cm³/mol. The number of amides is 1. The molecule has 3 N–H and O–H groups in total. The number of anilines is 2. The van der Waals surface area contributed by atoms with Crippen molar-refractivity contribution in [3.63, 3.8) is 0 Å². The Bertz CT molecular complexity index is 1860. The smallest absolute Gasteiger partial charge is 0.322 e. The maximum atomic E-state index is 13.0. The quantitative estimate of drug-likeness (QED) is 0.230. The van der Waals surface area contributed by atoms with E-state index in [9.17, 15) is 31.5 Å². The molecule has 4 rings (SSSR count). The molecular weight excluding hydrogens is 582 g/mol. The standard InChI is InChI=1S/C29H31N3O8S2/c1-17(2)26(29(34)35)32(4)42(38,39)22-15-11-20(12-16-22)19-9-13-21(14-10-19)30-28(33)27-18(3)25-23(31-41(5,36)37)7-6-8-24(25)40-27/h6-17,26,31H,1-5H3,(H,30,33)(H,34,35)/t26-/m0/s1. The zero-order chi connectivity index (χ0) is 31.0. The van der Waals surface area contributed by atoms with E-state index < -0.39 is 43.9 Å². The Morgan fingerprint density at radius 2 is 1.48 bits per heavy atom. The van der Waals surface area contributed by atoms with E-state index in [-0.39, 0.29) is 10.7 Å². The summed E-state index contributed by atoms with van der Waals surface area (Å²) in [5.41, 5.74) is 3.11. The van der Waals surface area contributed by atoms with Gasteiger partial charge < -0.3 is 14.8 Å². The predicted octanol–water partition coefficient (Wildman–Crippen LogP) is 4.76. The second-order valence-corrected chi connectivity index (χ2v) is 14.0. The number of nitrogens with one attached hydrogen (secondary N) is 2. The van der Waals surface area contributed by atoms with Crippen LogP contribution in [0.25, 0.3) is 22.1 Å². The summed E-state index contributed by atoms with van der Waals surface area (Å²) >= 11 is 0. The van der Waals surface area contributed by atoms with Gasteiger partial charge in [-0.15, -0.1) is 0 Å². The van der Waals surface area contributed by atoms with E-state index in [2.05, 4.69) is 10.0 Å². The minimum atomic E-state index is -4.04. The van der Waals surface area contributed by atoms with Crippen LogP contribution in [0.5, 0.6) is 0 Å². The number of rotatable bonds is 10. The molecule has 0 saturated heterocycles. The molecule has 0 aliphatic rings. The molecule has 1 amide bonds. The van der Waals surface area contributed by atoms with Gasteiger partial charge in [-0.05, 0) is 60.4 Å². The molecule has 11 nitrogen and oxygen atoms in total. The molecule has 0 spiro atoms. The third kappa shape index (κ3) is 6.32. The Labute approximate surface area is 244 Å². The summed E-state index contributed by atoms with van der Waals surface area (Å²) < 4.78 is 58.6. The monoisotopic (exact) mass is 613 g/mol. The average Bonchev–Trinajstić information content (AvgIpc) is 3.25. The highest BCUT2D eigenvalue weighted by molar-refractivity contribution is 7.92. The molecule has 3 aromatic carbocycles. The van der Waals surface area contributed by atoms with Crippen LogP contribution < -0.4 is 10.0 Å². The van der Waals surface area contributed by atoms with Crippen LogP contribution in [0.15, 0.2) is 76.0 Å². The van der Waals surface area contributed by atoms with Crippen molar-refractivity contribution >= 4 is 54.3 Å². The van der Waals surface area contributed by atoms with E-state index in [1.54, 1.807) is 75.4 Å². The summed E-state index contributed by atoms with van der Waals surface area (Å²) in [6, 6.07) is 16.6. The van der Waals surface area contributed by atoms with Crippen molar-refractivity contribution in [1.29, 1.82) is 0 Å². The average molecular weight is 614 g/mol. The third-order valence-corrected chi connectivity index (χ3v) is 9.18. The van der Waals surface area contributed by atoms with E-state index in [1.807, 2.05) is 0 Å². The van der Waals surface area contributed by atoms with E-state index in [0.29, 0.717) is 33.5 Å². The molecule has 0 radical (unpaired) electrons. The van der Waals surface area contributed by atoms with Gasteiger partial charge in [0.05, 0.1) is 16.8 Å². The highest BCUT2D eigenvalue weighted by Gasteiger charge is 2.35. The molecule has 0 unspecified atom stereocenters. The van der Waals surface area contributed by atoms with Crippen LogP contribution in [-0.2, 0) is 24.8 Å². The van der Waals surface area contributed by atoms with Crippen molar-refractivity contribution in [3.05, 3.63) is 78.1 Å². The Balaban J connectivity index is 1.51. The number of likely N-dealkylation sites (N-methyl/N-ethyl adjacent to an activating group) is 1. The first-order valence-corrected chi connectivity index (χ1v) is 16.2. The molecule has 0 saturated carbocycles. The van der Waals surface area contributed by atoms with Gasteiger partial charge in [0.2, 0.25) is 20.0 Å². The van der Waals surface area contributed by atoms with Crippen molar-refractivity contribution in [2.24, 2.45) is 5.92 Å². The fraction of sp³-hybridized carbons (Fsp3) is 0.241. The number of aliphatic carboxylic acids is 1. The lowest BCUT2D eigenvalue weighted by molar-refractivity contribution is -0.142. The van der Waals surface area contributed by atoms with Crippen molar-refractivity contribution in [3.8, 4) is 11.1 Å². The molecule has 4 aromatic rings. The zero-order valence-electron chi connectivity index (χ0n) is 23.6. The fourth-order valence-corrected chi connectivity index (χ4v) is 6.75. The van der Waals surface area contributed by atoms with Crippen LogP contribution in [0.3, 0.4) is 0 Å². The number of carbonyl (C=O) groups excluding carboxylic acids is 1. The second-order valence-electron chi connectivity index (χ2n) is 10.2. The molecular formula is C29H31N3O8S2. The van der Waals surface area contributed by atoms with Crippen LogP contribution in [0, 0.1) is 12.8 Å². The van der Waals surface area contributed by atoms with Gasteiger partial charge in [-0.25, -0.2) is 16.8 Å². The number of carbonyl (C=O) groups is 2. The van der Waals surface area contributed by atoms with Gasteiger partial charge in [0.1, 0.15) is 11.6 Å². The number of carboxylic acid groups (broad SMARTS) is 1. The number of fused-ring (bicyclic) bond motifs is 1. The molecule has 13 heteroatoms. The minimum Gasteiger partial charge on any atom is -0.480 e. The third-order valence-electron chi connectivity index (χ3n) is 6.74. The Hall–Kier alpha value is -4.20. The molecule has 0 aliphatic carbocycles. The van der Waals surface area contributed by atoms with Crippen LogP contribution in [0.4, 0.5) is 11.4 Å². The summed E-state index contributed by atoms with van der Waals surface area (Å²) in [4.78, 5) is 24.6. The number of carboxylic acids is 1.